The molecule has 1 atom stereocenters. The maximum Gasteiger partial charge on any atom is 0.188 e. The standard InChI is InChI=1S/C13H16INO/c1-9(2)12-8-16-13(15-12)7-10-3-5-11(14)6-4-10/h3-6,9,12H,7-8H2,1-2H3/t12-/m0/s1. The van der Waals surface area contributed by atoms with Crippen LogP contribution in [0.1, 0.15) is 19.4 Å². The zero-order valence-corrected chi connectivity index (χ0v) is 11.8. The summed E-state index contributed by atoms with van der Waals surface area (Å²) in [7, 11) is 0. The van der Waals surface area contributed by atoms with Crippen molar-refractivity contribution in [3.8, 4) is 0 Å². The van der Waals surface area contributed by atoms with Crippen LogP contribution in [0.4, 0.5) is 0 Å². The molecule has 3 heteroatoms. The van der Waals surface area contributed by atoms with Crippen LogP contribution in [0.5, 0.6) is 0 Å². The van der Waals surface area contributed by atoms with Crippen LogP contribution >= 0.6 is 22.6 Å². The smallest absolute Gasteiger partial charge is 0.188 e. The first kappa shape index (κ1) is 11.9. The Morgan fingerprint density at radius 3 is 2.62 bits per heavy atom. The lowest BCUT2D eigenvalue weighted by Gasteiger charge is -2.06. The number of halogens is 1. The van der Waals surface area contributed by atoms with E-state index in [4.69, 9.17) is 4.74 Å². The molecule has 1 aromatic carbocycles. The van der Waals surface area contributed by atoms with Gasteiger partial charge >= 0.3 is 0 Å². The van der Waals surface area contributed by atoms with Crippen molar-refractivity contribution in [3.05, 3.63) is 33.4 Å². The lowest BCUT2D eigenvalue weighted by atomic mass is 10.1. The molecule has 0 unspecified atom stereocenters. The number of aliphatic imine (C=N–C) groups is 1. The van der Waals surface area contributed by atoms with Crippen molar-refractivity contribution in [1.29, 1.82) is 0 Å². The molecule has 1 heterocycles. The molecule has 1 aliphatic rings. The maximum atomic E-state index is 5.61. The van der Waals surface area contributed by atoms with Crippen molar-refractivity contribution in [2.45, 2.75) is 26.3 Å². The first-order valence-electron chi connectivity index (χ1n) is 5.59. The molecule has 0 aromatic heterocycles. The molecular formula is C13H16INO. The maximum absolute atomic E-state index is 5.61. The molecule has 1 aliphatic heterocycles. The van der Waals surface area contributed by atoms with Crippen LogP contribution in [0.3, 0.4) is 0 Å². The minimum Gasteiger partial charge on any atom is -0.478 e. The van der Waals surface area contributed by atoms with Gasteiger partial charge in [-0.1, -0.05) is 26.0 Å². The molecular weight excluding hydrogens is 313 g/mol. The summed E-state index contributed by atoms with van der Waals surface area (Å²) in [4.78, 5) is 4.60. The van der Waals surface area contributed by atoms with Crippen LogP contribution in [0.15, 0.2) is 29.3 Å². The molecule has 0 radical (unpaired) electrons. The van der Waals surface area contributed by atoms with Gasteiger partial charge < -0.3 is 4.74 Å². The second kappa shape index (κ2) is 5.17. The molecule has 0 saturated carbocycles. The molecule has 86 valence electrons. The Balaban J connectivity index is 2.01. The average molecular weight is 329 g/mol. The Morgan fingerprint density at radius 1 is 1.38 bits per heavy atom. The number of ether oxygens (including phenoxy) is 1. The largest absolute Gasteiger partial charge is 0.478 e. The molecule has 0 saturated heterocycles. The number of rotatable bonds is 3. The van der Waals surface area contributed by atoms with E-state index in [1.54, 1.807) is 0 Å². The Morgan fingerprint density at radius 2 is 2.06 bits per heavy atom. The quantitative estimate of drug-likeness (QED) is 0.780. The number of hydrogen-bond acceptors (Lipinski definition) is 2. The van der Waals surface area contributed by atoms with Crippen molar-refractivity contribution in [3.63, 3.8) is 0 Å². The zero-order chi connectivity index (χ0) is 11.5. The Bertz CT molecular complexity index is 383. The lowest BCUT2D eigenvalue weighted by Crippen LogP contribution is -2.13. The Kier molecular flexibility index (Phi) is 3.84. The van der Waals surface area contributed by atoms with Crippen molar-refractivity contribution in [1.82, 2.24) is 0 Å². The van der Waals surface area contributed by atoms with Crippen LogP contribution in [0.25, 0.3) is 0 Å². The van der Waals surface area contributed by atoms with Crippen molar-refractivity contribution in [2.75, 3.05) is 6.61 Å². The predicted molar refractivity (Wildman–Crippen MR) is 74.9 cm³/mol. The third-order valence-electron chi connectivity index (χ3n) is 2.77. The molecule has 0 aliphatic carbocycles. The summed E-state index contributed by atoms with van der Waals surface area (Å²) < 4.78 is 6.87. The minimum absolute atomic E-state index is 0.346. The molecule has 0 bridgehead atoms. The summed E-state index contributed by atoms with van der Waals surface area (Å²) in [6.45, 7) is 5.12. The zero-order valence-electron chi connectivity index (χ0n) is 9.61. The van der Waals surface area contributed by atoms with Crippen LogP contribution in [-0.4, -0.2) is 18.5 Å². The fraction of sp³-hybridized carbons (Fsp3) is 0.462. The fourth-order valence-electron chi connectivity index (χ4n) is 1.66. The average Bonchev–Trinajstić information content (AvgIpc) is 2.70. The van der Waals surface area contributed by atoms with Gasteiger partial charge in [-0.15, -0.1) is 0 Å². The summed E-state index contributed by atoms with van der Waals surface area (Å²) in [5.41, 5.74) is 1.27. The third kappa shape index (κ3) is 2.97. The van der Waals surface area contributed by atoms with E-state index in [1.165, 1.54) is 9.13 Å². The van der Waals surface area contributed by atoms with Crippen molar-refractivity contribution < 1.29 is 4.74 Å². The van der Waals surface area contributed by atoms with E-state index < -0.39 is 0 Å². The molecule has 0 spiro atoms. The van der Waals surface area contributed by atoms with E-state index >= 15 is 0 Å². The first-order valence-corrected chi connectivity index (χ1v) is 6.67. The van der Waals surface area contributed by atoms with E-state index in [9.17, 15) is 0 Å². The third-order valence-corrected chi connectivity index (χ3v) is 3.49. The first-order chi connectivity index (χ1) is 7.65. The van der Waals surface area contributed by atoms with Crippen molar-refractivity contribution in [2.24, 2.45) is 10.9 Å². The van der Waals surface area contributed by atoms with Gasteiger partial charge in [-0.25, -0.2) is 4.99 Å². The van der Waals surface area contributed by atoms with E-state index in [0.29, 0.717) is 12.0 Å². The summed E-state index contributed by atoms with van der Waals surface area (Å²) in [6.07, 6.45) is 0.820. The highest BCUT2D eigenvalue weighted by Gasteiger charge is 2.21. The molecule has 16 heavy (non-hydrogen) atoms. The topological polar surface area (TPSA) is 21.6 Å². The Labute approximate surface area is 110 Å². The molecule has 1 aromatic rings. The summed E-state index contributed by atoms with van der Waals surface area (Å²) >= 11 is 2.31. The second-order valence-electron chi connectivity index (χ2n) is 4.45. The molecule has 2 nitrogen and oxygen atoms in total. The molecule has 0 amide bonds. The fourth-order valence-corrected chi connectivity index (χ4v) is 2.02. The van der Waals surface area contributed by atoms with Gasteiger partial charge in [0, 0.05) is 9.99 Å². The van der Waals surface area contributed by atoms with Crippen LogP contribution < -0.4 is 0 Å². The van der Waals surface area contributed by atoms with Gasteiger partial charge in [0.2, 0.25) is 0 Å². The SMILES string of the molecule is CC(C)[C@@H]1COC(Cc2ccc(I)cc2)=N1. The predicted octanol–water partition coefficient (Wildman–Crippen LogP) is 3.29. The van der Waals surface area contributed by atoms with Crippen LogP contribution in [0, 0.1) is 9.49 Å². The second-order valence-corrected chi connectivity index (χ2v) is 5.69. The normalized spacial score (nSPS) is 19.8. The molecule has 0 N–H and O–H groups in total. The lowest BCUT2D eigenvalue weighted by molar-refractivity contribution is 0.287. The highest BCUT2D eigenvalue weighted by Crippen LogP contribution is 2.16. The van der Waals surface area contributed by atoms with Crippen LogP contribution in [0.2, 0.25) is 0 Å². The Hall–Kier alpha value is -0.580. The summed E-state index contributed by atoms with van der Waals surface area (Å²) in [5, 5.41) is 0. The summed E-state index contributed by atoms with van der Waals surface area (Å²) in [5.74, 6) is 1.45. The monoisotopic (exact) mass is 329 g/mol. The minimum atomic E-state index is 0.346. The van der Waals surface area contributed by atoms with Gasteiger partial charge in [0.05, 0.1) is 6.04 Å². The van der Waals surface area contributed by atoms with Gasteiger partial charge in [-0.3, -0.25) is 0 Å². The molecule has 0 fully saturated rings. The number of nitrogens with zero attached hydrogens (tertiary/aromatic N) is 1. The van der Waals surface area contributed by atoms with Gasteiger partial charge in [0.15, 0.2) is 5.90 Å². The van der Waals surface area contributed by atoms with Crippen molar-refractivity contribution >= 4 is 28.5 Å². The van der Waals surface area contributed by atoms with Gasteiger partial charge in [0.25, 0.3) is 0 Å². The van der Waals surface area contributed by atoms with Gasteiger partial charge in [-0.05, 0) is 46.2 Å². The van der Waals surface area contributed by atoms with Gasteiger partial charge in [0.1, 0.15) is 6.61 Å². The van der Waals surface area contributed by atoms with E-state index in [-0.39, 0.29) is 0 Å². The molecule has 2 rings (SSSR count). The highest BCUT2D eigenvalue weighted by atomic mass is 127. The highest BCUT2D eigenvalue weighted by molar-refractivity contribution is 14.1. The summed E-state index contributed by atoms with van der Waals surface area (Å²) in [6, 6.07) is 8.85. The van der Waals surface area contributed by atoms with Crippen LogP contribution in [-0.2, 0) is 11.2 Å². The van der Waals surface area contributed by atoms with E-state index in [1.807, 2.05) is 0 Å². The van der Waals surface area contributed by atoms with E-state index in [0.717, 1.165) is 18.9 Å². The number of hydrogen-bond donors (Lipinski definition) is 0. The van der Waals surface area contributed by atoms with E-state index in [2.05, 4.69) is 65.7 Å². The number of benzene rings is 1. The van der Waals surface area contributed by atoms with Gasteiger partial charge in [-0.2, -0.15) is 0 Å².